The maximum atomic E-state index is 8.23. The van der Waals surface area contributed by atoms with Gasteiger partial charge in [0.25, 0.3) is 0 Å². The lowest BCUT2D eigenvalue weighted by Crippen LogP contribution is -2.04. The van der Waals surface area contributed by atoms with Gasteiger partial charge in [-0.25, -0.2) is 0 Å². The number of rotatable bonds is 4. The molecular weight excluding hydrogens is 108 g/mol. The van der Waals surface area contributed by atoms with Crippen molar-refractivity contribution in [2.45, 2.75) is 6.10 Å². The van der Waals surface area contributed by atoms with Crippen molar-refractivity contribution in [3.8, 4) is 0 Å². The van der Waals surface area contributed by atoms with Crippen LogP contribution in [-0.2, 0) is 9.47 Å². The molecule has 3 heteroatoms. The van der Waals surface area contributed by atoms with Crippen molar-refractivity contribution in [2.24, 2.45) is 0 Å². The fourth-order valence-corrected chi connectivity index (χ4v) is 0.444. The predicted molar refractivity (Wildman–Crippen MR) is 27.6 cm³/mol. The molecule has 3 nitrogen and oxygen atoms in total. The van der Waals surface area contributed by atoms with Crippen molar-refractivity contribution in [3.05, 3.63) is 0 Å². The average Bonchev–Trinajstić information content (AvgIpc) is 2.51. The van der Waals surface area contributed by atoms with Crippen LogP contribution in [0.5, 0.6) is 0 Å². The van der Waals surface area contributed by atoms with Crippen LogP contribution in [0, 0.1) is 0 Å². The Kier molecular flexibility index (Phi) is 2.27. The molecule has 1 fully saturated rings. The Morgan fingerprint density at radius 3 is 3.00 bits per heavy atom. The van der Waals surface area contributed by atoms with Crippen LogP contribution in [0.15, 0.2) is 0 Å². The maximum absolute atomic E-state index is 8.23. The second kappa shape index (κ2) is 3.02. The van der Waals surface area contributed by atoms with E-state index in [1.54, 1.807) is 0 Å². The highest BCUT2D eigenvalue weighted by molar-refractivity contribution is 4.66. The largest absolute Gasteiger partial charge is 0.394 e. The third-order valence-corrected chi connectivity index (χ3v) is 0.942. The van der Waals surface area contributed by atoms with Crippen molar-refractivity contribution >= 4 is 0 Å². The van der Waals surface area contributed by atoms with Crippen LogP contribution in [0.3, 0.4) is 0 Å². The first-order valence-corrected chi connectivity index (χ1v) is 2.73. The van der Waals surface area contributed by atoms with E-state index in [0.29, 0.717) is 19.3 Å². The summed E-state index contributed by atoms with van der Waals surface area (Å²) in [5, 5.41) is 8.23. The zero-order valence-corrected chi connectivity index (χ0v) is 4.67. The summed E-state index contributed by atoms with van der Waals surface area (Å²) in [6, 6.07) is 0. The van der Waals surface area contributed by atoms with E-state index in [0.717, 1.165) is 6.61 Å². The topological polar surface area (TPSA) is 42.0 Å². The molecule has 0 aromatic carbocycles. The molecular formula is C5H10O3. The molecule has 1 unspecified atom stereocenters. The van der Waals surface area contributed by atoms with Gasteiger partial charge in [0.2, 0.25) is 0 Å². The molecule has 0 radical (unpaired) electrons. The van der Waals surface area contributed by atoms with E-state index >= 15 is 0 Å². The summed E-state index contributed by atoms with van der Waals surface area (Å²) in [4.78, 5) is 0. The lowest BCUT2D eigenvalue weighted by molar-refractivity contribution is 0.0810. The third-order valence-electron chi connectivity index (χ3n) is 0.942. The lowest BCUT2D eigenvalue weighted by Gasteiger charge is -1.95. The second-order valence-electron chi connectivity index (χ2n) is 1.75. The van der Waals surface area contributed by atoms with Gasteiger partial charge in [-0.3, -0.25) is 0 Å². The second-order valence-corrected chi connectivity index (χ2v) is 1.75. The van der Waals surface area contributed by atoms with E-state index in [1.165, 1.54) is 0 Å². The Hall–Kier alpha value is -0.120. The first-order chi connectivity index (χ1) is 3.93. The molecule has 0 saturated carbocycles. The molecule has 48 valence electrons. The molecule has 1 heterocycles. The van der Waals surface area contributed by atoms with Crippen molar-refractivity contribution in [1.82, 2.24) is 0 Å². The molecule has 1 N–H and O–H groups in total. The molecule has 1 rings (SSSR count). The van der Waals surface area contributed by atoms with Crippen LogP contribution >= 0.6 is 0 Å². The number of hydrogen-bond acceptors (Lipinski definition) is 3. The highest BCUT2D eigenvalue weighted by Crippen LogP contribution is 2.07. The Bertz CT molecular complexity index is 60.7. The molecule has 1 aliphatic heterocycles. The number of aliphatic hydroxyl groups excluding tert-OH is 1. The molecule has 1 aliphatic rings. The van der Waals surface area contributed by atoms with Gasteiger partial charge in [-0.2, -0.15) is 0 Å². The first kappa shape index (κ1) is 6.01. The van der Waals surface area contributed by atoms with Crippen molar-refractivity contribution < 1.29 is 14.6 Å². The summed E-state index contributed by atoms with van der Waals surface area (Å²) in [5.41, 5.74) is 0. The quantitative estimate of drug-likeness (QED) is 0.395. The zero-order valence-electron chi connectivity index (χ0n) is 4.67. The van der Waals surface area contributed by atoms with Crippen molar-refractivity contribution in [2.75, 3.05) is 26.4 Å². The summed E-state index contributed by atoms with van der Waals surface area (Å²) < 4.78 is 9.78. The Morgan fingerprint density at radius 2 is 2.50 bits per heavy atom. The maximum Gasteiger partial charge on any atom is 0.104 e. The summed E-state index contributed by atoms with van der Waals surface area (Å²) in [6.07, 6.45) is 0.321. The van der Waals surface area contributed by atoms with Crippen molar-refractivity contribution in [1.29, 1.82) is 0 Å². The molecule has 0 aliphatic carbocycles. The summed E-state index contributed by atoms with van der Waals surface area (Å²) >= 11 is 0. The van der Waals surface area contributed by atoms with E-state index < -0.39 is 0 Å². The van der Waals surface area contributed by atoms with Crippen LogP contribution in [0.25, 0.3) is 0 Å². The van der Waals surface area contributed by atoms with E-state index in [2.05, 4.69) is 0 Å². The van der Waals surface area contributed by atoms with E-state index in [4.69, 9.17) is 14.6 Å². The van der Waals surface area contributed by atoms with Gasteiger partial charge in [-0.1, -0.05) is 0 Å². The van der Waals surface area contributed by atoms with Gasteiger partial charge < -0.3 is 14.6 Å². The van der Waals surface area contributed by atoms with Crippen LogP contribution < -0.4 is 0 Å². The van der Waals surface area contributed by atoms with Crippen LogP contribution in [0.2, 0.25) is 0 Å². The van der Waals surface area contributed by atoms with E-state index in [9.17, 15) is 0 Å². The highest BCUT2D eigenvalue weighted by atomic mass is 16.6. The molecule has 1 atom stereocenters. The standard InChI is InChI=1S/C5H10O3/c6-1-2-7-3-5-4-8-5/h5-6H,1-4H2. The van der Waals surface area contributed by atoms with E-state index in [-0.39, 0.29) is 6.61 Å². The summed E-state index contributed by atoms with van der Waals surface area (Å²) in [7, 11) is 0. The van der Waals surface area contributed by atoms with Gasteiger partial charge in [0.1, 0.15) is 6.10 Å². The smallest absolute Gasteiger partial charge is 0.104 e. The normalized spacial score (nSPS) is 25.9. The summed E-state index contributed by atoms with van der Waals surface area (Å²) in [6.45, 7) is 2.00. The fraction of sp³-hybridized carbons (Fsp3) is 1.00. The molecule has 8 heavy (non-hydrogen) atoms. The van der Waals surface area contributed by atoms with Gasteiger partial charge in [-0.15, -0.1) is 0 Å². The van der Waals surface area contributed by atoms with E-state index in [1.807, 2.05) is 0 Å². The average molecular weight is 118 g/mol. The molecule has 0 bridgehead atoms. The highest BCUT2D eigenvalue weighted by Gasteiger charge is 2.21. The Balaban J connectivity index is 1.74. The van der Waals surface area contributed by atoms with Gasteiger partial charge in [0.05, 0.1) is 26.4 Å². The Morgan fingerprint density at radius 1 is 1.75 bits per heavy atom. The van der Waals surface area contributed by atoms with Gasteiger partial charge in [0, 0.05) is 0 Å². The van der Waals surface area contributed by atoms with Gasteiger partial charge in [0.15, 0.2) is 0 Å². The number of ether oxygens (including phenoxy) is 2. The monoisotopic (exact) mass is 118 g/mol. The predicted octanol–water partition coefficient (Wildman–Crippen LogP) is -0.606. The number of aliphatic hydroxyl groups is 1. The lowest BCUT2D eigenvalue weighted by atomic mass is 10.5. The minimum Gasteiger partial charge on any atom is -0.394 e. The zero-order chi connectivity index (χ0) is 5.82. The minimum atomic E-state index is 0.104. The summed E-state index contributed by atoms with van der Waals surface area (Å²) in [5.74, 6) is 0. The van der Waals surface area contributed by atoms with Crippen molar-refractivity contribution in [3.63, 3.8) is 0 Å². The molecule has 0 spiro atoms. The van der Waals surface area contributed by atoms with Gasteiger partial charge in [-0.05, 0) is 0 Å². The molecule has 1 saturated heterocycles. The third kappa shape index (κ3) is 2.26. The molecule has 0 aromatic rings. The Labute approximate surface area is 48.2 Å². The molecule has 0 aromatic heterocycles. The van der Waals surface area contributed by atoms with Gasteiger partial charge >= 0.3 is 0 Å². The minimum absolute atomic E-state index is 0.104. The fourth-order valence-electron chi connectivity index (χ4n) is 0.444. The molecule has 0 amide bonds. The van der Waals surface area contributed by atoms with Crippen LogP contribution in [0.4, 0.5) is 0 Å². The first-order valence-electron chi connectivity index (χ1n) is 2.73. The number of hydrogen-bond donors (Lipinski definition) is 1. The van der Waals surface area contributed by atoms with Crippen LogP contribution in [0.1, 0.15) is 0 Å². The number of epoxide rings is 1. The SMILES string of the molecule is OCCOCC1CO1. The van der Waals surface area contributed by atoms with Crippen LogP contribution in [-0.4, -0.2) is 37.6 Å².